The number of halogens is 1. The Morgan fingerprint density at radius 2 is 2.13 bits per heavy atom. The van der Waals surface area contributed by atoms with E-state index in [1.54, 1.807) is 16.9 Å². The Bertz CT molecular complexity index is 887. The van der Waals surface area contributed by atoms with Gasteiger partial charge < -0.3 is 5.32 Å². The second kappa shape index (κ2) is 5.62. The van der Waals surface area contributed by atoms with Crippen LogP contribution < -0.4 is 5.32 Å². The number of nitrogens with one attached hydrogen (secondary N) is 1. The van der Waals surface area contributed by atoms with Crippen molar-refractivity contribution in [1.82, 2.24) is 20.0 Å². The van der Waals surface area contributed by atoms with Gasteiger partial charge in [0.15, 0.2) is 5.69 Å². The Balaban J connectivity index is 1.55. The molecule has 0 radical (unpaired) electrons. The molecule has 0 saturated heterocycles. The fourth-order valence-corrected chi connectivity index (χ4v) is 2.81. The summed E-state index contributed by atoms with van der Waals surface area (Å²) in [6.45, 7) is 0. The monoisotopic (exact) mass is 327 g/mol. The molecule has 7 heteroatoms. The van der Waals surface area contributed by atoms with Crippen molar-refractivity contribution in [2.24, 2.45) is 0 Å². The maximum atomic E-state index is 12.3. The van der Waals surface area contributed by atoms with Gasteiger partial charge in [-0.05, 0) is 43.5 Å². The van der Waals surface area contributed by atoms with Crippen LogP contribution in [0.15, 0.2) is 36.5 Å². The van der Waals surface area contributed by atoms with Gasteiger partial charge in [0.1, 0.15) is 5.82 Å². The highest BCUT2D eigenvalue weighted by atomic mass is 35.5. The van der Waals surface area contributed by atoms with Gasteiger partial charge in [0.2, 0.25) is 0 Å². The molecule has 1 saturated carbocycles. The first-order chi connectivity index (χ1) is 11.2. The highest BCUT2D eigenvalue weighted by Crippen LogP contribution is 2.30. The average molecular weight is 328 g/mol. The standard InChI is InChI=1S/C16H14ClN5O/c17-12-5-2-6-13-11(12)7-8-15(18-13)19-16(23)14-9-22(21-20-14)10-3-1-4-10/h2,5-10H,1,3-4H2,(H,18,19,23). The molecule has 2 aromatic heterocycles. The molecule has 0 aliphatic heterocycles. The number of aromatic nitrogens is 4. The molecule has 1 N–H and O–H groups in total. The number of amides is 1. The lowest BCUT2D eigenvalue weighted by atomic mass is 9.93. The minimum atomic E-state index is -0.315. The minimum absolute atomic E-state index is 0.296. The first-order valence-electron chi connectivity index (χ1n) is 7.49. The molecule has 1 aromatic carbocycles. The van der Waals surface area contributed by atoms with E-state index < -0.39 is 0 Å². The van der Waals surface area contributed by atoms with Crippen LogP contribution in [0.1, 0.15) is 35.8 Å². The summed E-state index contributed by atoms with van der Waals surface area (Å²) in [7, 11) is 0. The van der Waals surface area contributed by atoms with Crippen LogP contribution in [0.5, 0.6) is 0 Å². The summed E-state index contributed by atoms with van der Waals surface area (Å²) < 4.78 is 1.77. The predicted molar refractivity (Wildman–Crippen MR) is 87.6 cm³/mol. The molecular weight excluding hydrogens is 314 g/mol. The Kier molecular flexibility index (Phi) is 3.46. The highest BCUT2D eigenvalue weighted by molar-refractivity contribution is 6.35. The fraction of sp³-hybridized carbons (Fsp3) is 0.250. The quantitative estimate of drug-likeness (QED) is 0.799. The molecule has 6 nitrogen and oxygen atoms in total. The van der Waals surface area contributed by atoms with Gasteiger partial charge in [0.05, 0.1) is 17.8 Å². The van der Waals surface area contributed by atoms with E-state index in [1.807, 2.05) is 24.3 Å². The molecule has 1 aliphatic carbocycles. The summed E-state index contributed by atoms with van der Waals surface area (Å²) in [6, 6.07) is 9.43. The fourth-order valence-electron chi connectivity index (χ4n) is 2.58. The van der Waals surface area contributed by atoms with Crippen molar-refractivity contribution in [3.8, 4) is 0 Å². The van der Waals surface area contributed by atoms with E-state index in [9.17, 15) is 4.79 Å². The van der Waals surface area contributed by atoms with Crippen molar-refractivity contribution in [3.05, 3.63) is 47.2 Å². The molecule has 1 aliphatic rings. The van der Waals surface area contributed by atoms with Gasteiger partial charge >= 0.3 is 0 Å². The smallest absolute Gasteiger partial charge is 0.278 e. The first-order valence-corrected chi connectivity index (χ1v) is 7.87. The molecule has 1 fully saturated rings. The Morgan fingerprint density at radius 1 is 1.26 bits per heavy atom. The summed E-state index contributed by atoms with van der Waals surface area (Å²) in [5.41, 5.74) is 1.03. The van der Waals surface area contributed by atoms with Gasteiger partial charge in [-0.1, -0.05) is 22.9 Å². The number of pyridine rings is 1. The Morgan fingerprint density at radius 3 is 2.91 bits per heavy atom. The van der Waals surface area contributed by atoms with Crippen LogP contribution >= 0.6 is 11.6 Å². The number of carbonyl (C=O) groups excluding carboxylic acids is 1. The molecule has 3 aromatic rings. The van der Waals surface area contributed by atoms with Crippen molar-refractivity contribution >= 4 is 34.2 Å². The normalized spacial score (nSPS) is 14.7. The van der Waals surface area contributed by atoms with Crippen molar-refractivity contribution in [2.75, 3.05) is 5.32 Å². The zero-order chi connectivity index (χ0) is 15.8. The Hall–Kier alpha value is -2.47. The molecular formula is C16H14ClN5O. The van der Waals surface area contributed by atoms with Crippen molar-refractivity contribution < 1.29 is 4.79 Å². The summed E-state index contributed by atoms with van der Waals surface area (Å²) >= 11 is 6.11. The van der Waals surface area contributed by atoms with E-state index in [-0.39, 0.29) is 5.91 Å². The minimum Gasteiger partial charge on any atom is -0.305 e. The SMILES string of the molecule is O=C(Nc1ccc2c(Cl)cccc2n1)c1cn(C2CCC2)nn1. The molecule has 0 unspecified atom stereocenters. The van der Waals surface area contributed by atoms with Crippen LogP contribution in [0.3, 0.4) is 0 Å². The molecule has 23 heavy (non-hydrogen) atoms. The molecule has 1 amide bonds. The maximum Gasteiger partial charge on any atom is 0.278 e. The summed E-state index contributed by atoms with van der Waals surface area (Å²) in [5, 5.41) is 12.2. The third kappa shape index (κ3) is 2.66. The Labute approximate surface area is 137 Å². The van der Waals surface area contributed by atoms with Gasteiger partial charge in [0.25, 0.3) is 5.91 Å². The highest BCUT2D eigenvalue weighted by Gasteiger charge is 2.22. The number of hydrogen-bond donors (Lipinski definition) is 1. The van der Waals surface area contributed by atoms with Gasteiger partial charge in [0, 0.05) is 10.4 Å². The zero-order valence-corrected chi connectivity index (χ0v) is 13.0. The van der Waals surface area contributed by atoms with Gasteiger partial charge in [-0.25, -0.2) is 9.67 Å². The summed E-state index contributed by atoms with van der Waals surface area (Å²) in [4.78, 5) is 16.7. The van der Waals surface area contributed by atoms with E-state index >= 15 is 0 Å². The second-order valence-electron chi connectivity index (χ2n) is 5.63. The lowest BCUT2D eigenvalue weighted by Crippen LogP contribution is -2.17. The predicted octanol–water partition coefficient (Wildman–Crippen LogP) is 3.46. The largest absolute Gasteiger partial charge is 0.305 e. The summed E-state index contributed by atoms with van der Waals surface area (Å²) in [5.74, 6) is 0.146. The molecule has 116 valence electrons. The van der Waals surface area contributed by atoms with Gasteiger partial charge in [-0.3, -0.25) is 4.79 Å². The topological polar surface area (TPSA) is 72.7 Å². The first kappa shape index (κ1) is 14.1. The van der Waals surface area contributed by atoms with E-state index in [1.165, 1.54) is 6.42 Å². The number of nitrogens with zero attached hydrogens (tertiary/aromatic N) is 4. The number of anilines is 1. The van der Waals surface area contributed by atoms with Crippen molar-refractivity contribution in [3.63, 3.8) is 0 Å². The van der Waals surface area contributed by atoms with Crippen LogP contribution in [-0.2, 0) is 0 Å². The van der Waals surface area contributed by atoms with E-state index in [2.05, 4.69) is 20.6 Å². The number of rotatable bonds is 3. The lowest BCUT2D eigenvalue weighted by molar-refractivity contribution is 0.102. The van der Waals surface area contributed by atoms with Crippen LogP contribution in [0.4, 0.5) is 5.82 Å². The van der Waals surface area contributed by atoms with Crippen LogP contribution in [0, 0.1) is 0 Å². The van der Waals surface area contributed by atoms with Gasteiger partial charge in [-0.2, -0.15) is 0 Å². The maximum absolute atomic E-state index is 12.3. The third-order valence-electron chi connectivity index (χ3n) is 4.11. The van der Waals surface area contributed by atoms with E-state index in [0.717, 1.165) is 23.7 Å². The molecule has 0 spiro atoms. The average Bonchev–Trinajstić information content (AvgIpc) is 2.95. The zero-order valence-electron chi connectivity index (χ0n) is 12.2. The molecule has 4 rings (SSSR count). The van der Waals surface area contributed by atoms with Crippen LogP contribution in [0.25, 0.3) is 10.9 Å². The second-order valence-corrected chi connectivity index (χ2v) is 6.03. The van der Waals surface area contributed by atoms with Crippen LogP contribution in [-0.4, -0.2) is 25.9 Å². The van der Waals surface area contributed by atoms with Crippen LogP contribution in [0.2, 0.25) is 5.02 Å². The van der Waals surface area contributed by atoms with E-state index in [4.69, 9.17) is 11.6 Å². The number of carbonyl (C=O) groups is 1. The van der Waals surface area contributed by atoms with E-state index in [0.29, 0.717) is 22.6 Å². The lowest BCUT2D eigenvalue weighted by Gasteiger charge is -2.24. The number of fused-ring (bicyclic) bond motifs is 1. The summed E-state index contributed by atoms with van der Waals surface area (Å²) in [6.07, 6.45) is 5.08. The number of hydrogen-bond acceptors (Lipinski definition) is 4. The van der Waals surface area contributed by atoms with Crippen molar-refractivity contribution in [1.29, 1.82) is 0 Å². The molecule has 2 heterocycles. The molecule has 0 bridgehead atoms. The third-order valence-corrected chi connectivity index (χ3v) is 4.44. The van der Waals surface area contributed by atoms with Crippen molar-refractivity contribution in [2.45, 2.75) is 25.3 Å². The van der Waals surface area contributed by atoms with Gasteiger partial charge in [-0.15, -0.1) is 5.10 Å². The number of benzene rings is 1. The molecule has 0 atom stereocenters.